The Morgan fingerprint density at radius 1 is 0.920 bits per heavy atom. The van der Waals surface area contributed by atoms with Crippen molar-refractivity contribution in [2.75, 3.05) is 31.1 Å². The number of benzene rings is 1. The summed E-state index contributed by atoms with van der Waals surface area (Å²) in [6, 6.07) is 12.6. The predicted molar refractivity (Wildman–Crippen MR) is 102 cm³/mol. The van der Waals surface area contributed by atoms with Crippen molar-refractivity contribution < 1.29 is 0 Å². The second-order valence-corrected chi connectivity index (χ2v) is 6.38. The third-order valence-electron chi connectivity index (χ3n) is 4.95. The van der Waals surface area contributed by atoms with Crippen LogP contribution in [0, 0.1) is 0 Å². The van der Waals surface area contributed by atoms with Crippen LogP contribution in [0.4, 0.5) is 5.69 Å². The van der Waals surface area contributed by atoms with Crippen molar-refractivity contribution in [2.45, 2.75) is 0 Å². The van der Waals surface area contributed by atoms with Gasteiger partial charge in [-0.25, -0.2) is 4.98 Å². The Morgan fingerprint density at radius 3 is 2.72 bits per heavy atom. The number of nitrogens with one attached hydrogen (secondary N) is 2. The number of pyridine rings is 2. The van der Waals surface area contributed by atoms with Crippen molar-refractivity contribution in [3.05, 3.63) is 55.0 Å². The monoisotopic (exact) mass is 329 g/mol. The lowest BCUT2D eigenvalue weighted by molar-refractivity contribution is 0.589. The maximum atomic E-state index is 4.55. The van der Waals surface area contributed by atoms with Gasteiger partial charge in [0.15, 0.2) is 0 Å². The summed E-state index contributed by atoms with van der Waals surface area (Å²) in [7, 11) is 0. The maximum Gasteiger partial charge on any atom is 0.138 e. The summed E-state index contributed by atoms with van der Waals surface area (Å²) < 4.78 is 0. The first-order chi connectivity index (χ1) is 12.4. The Bertz CT molecular complexity index is 1050. The first kappa shape index (κ1) is 14.4. The molecule has 2 N–H and O–H groups in total. The molecule has 0 saturated carbocycles. The molecule has 3 aromatic heterocycles. The summed E-state index contributed by atoms with van der Waals surface area (Å²) in [6.07, 6.45) is 5.74. The van der Waals surface area contributed by atoms with Gasteiger partial charge in [-0.1, -0.05) is 18.2 Å². The Kier molecular flexibility index (Phi) is 3.38. The molecule has 0 radical (unpaired) electrons. The number of hydrogen-bond donors (Lipinski definition) is 2. The van der Waals surface area contributed by atoms with Gasteiger partial charge in [0.2, 0.25) is 0 Å². The van der Waals surface area contributed by atoms with Gasteiger partial charge in [0, 0.05) is 72.3 Å². The van der Waals surface area contributed by atoms with Crippen LogP contribution in [0.5, 0.6) is 0 Å². The highest BCUT2D eigenvalue weighted by Crippen LogP contribution is 2.37. The van der Waals surface area contributed by atoms with Gasteiger partial charge < -0.3 is 15.2 Å². The zero-order valence-electron chi connectivity index (χ0n) is 13.9. The number of fused-ring (bicyclic) bond motifs is 3. The number of para-hydroxylation sites is 1. The number of piperazine rings is 1. The van der Waals surface area contributed by atoms with E-state index in [-0.39, 0.29) is 0 Å². The van der Waals surface area contributed by atoms with E-state index in [9.17, 15) is 0 Å². The zero-order chi connectivity index (χ0) is 16.6. The van der Waals surface area contributed by atoms with Gasteiger partial charge in [0.1, 0.15) is 5.65 Å². The summed E-state index contributed by atoms with van der Waals surface area (Å²) in [5.74, 6) is 0. The van der Waals surface area contributed by atoms with Crippen LogP contribution >= 0.6 is 0 Å². The average Bonchev–Trinajstić information content (AvgIpc) is 3.07. The van der Waals surface area contributed by atoms with Crippen LogP contribution in [0.15, 0.2) is 55.0 Å². The van der Waals surface area contributed by atoms with Gasteiger partial charge in [-0.15, -0.1) is 0 Å². The molecule has 1 saturated heterocycles. The molecule has 0 unspecified atom stereocenters. The Labute approximate surface area is 145 Å². The first-order valence-electron chi connectivity index (χ1n) is 8.67. The van der Waals surface area contributed by atoms with Crippen LogP contribution in [0.1, 0.15) is 0 Å². The van der Waals surface area contributed by atoms with E-state index in [1.54, 1.807) is 0 Å². The van der Waals surface area contributed by atoms with Crippen molar-refractivity contribution in [3.8, 4) is 11.1 Å². The third-order valence-corrected chi connectivity index (χ3v) is 4.95. The van der Waals surface area contributed by atoms with Crippen molar-refractivity contribution in [2.24, 2.45) is 0 Å². The molecule has 0 bridgehead atoms. The van der Waals surface area contributed by atoms with Crippen LogP contribution < -0.4 is 10.2 Å². The van der Waals surface area contributed by atoms with Crippen LogP contribution in [0.25, 0.3) is 33.1 Å². The number of aromatic amines is 1. The molecule has 1 fully saturated rings. The highest BCUT2D eigenvalue weighted by atomic mass is 15.2. The zero-order valence-corrected chi connectivity index (χ0v) is 13.9. The average molecular weight is 329 g/mol. The molecule has 0 atom stereocenters. The molecule has 0 spiro atoms. The van der Waals surface area contributed by atoms with E-state index in [1.807, 2.05) is 24.7 Å². The lowest BCUT2D eigenvalue weighted by Gasteiger charge is -2.31. The highest BCUT2D eigenvalue weighted by molar-refractivity contribution is 6.13. The normalized spacial score (nSPS) is 15.1. The SMILES string of the molecule is c1ccc2c(c1)[nH]c1nccc(-c3cnccc3N3CCNCC3)c12. The molecule has 0 amide bonds. The maximum absolute atomic E-state index is 4.55. The van der Waals surface area contributed by atoms with E-state index >= 15 is 0 Å². The van der Waals surface area contributed by atoms with Gasteiger partial charge in [-0.2, -0.15) is 0 Å². The second-order valence-electron chi connectivity index (χ2n) is 6.38. The van der Waals surface area contributed by atoms with E-state index in [4.69, 9.17) is 0 Å². The summed E-state index contributed by atoms with van der Waals surface area (Å²) in [6.45, 7) is 4.06. The van der Waals surface area contributed by atoms with Crippen LogP contribution in [0.3, 0.4) is 0 Å². The van der Waals surface area contributed by atoms with Gasteiger partial charge in [0.05, 0.1) is 0 Å². The minimum Gasteiger partial charge on any atom is -0.368 e. The van der Waals surface area contributed by atoms with Crippen LogP contribution in [-0.4, -0.2) is 41.1 Å². The summed E-state index contributed by atoms with van der Waals surface area (Å²) in [5.41, 5.74) is 5.64. The number of aromatic nitrogens is 3. The van der Waals surface area contributed by atoms with E-state index in [0.29, 0.717) is 0 Å². The topological polar surface area (TPSA) is 56.8 Å². The largest absolute Gasteiger partial charge is 0.368 e. The standard InChI is InChI=1S/C20H19N5/c1-2-4-17-15(3-1)19-14(5-8-23-20(19)24-17)16-13-22-7-6-18(16)25-11-9-21-10-12-25/h1-8,13,21H,9-12H2,(H,23,24). The smallest absolute Gasteiger partial charge is 0.138 e. The molecular weight excluding hydrogens is 310 g/mol. The van der Waals surface area contributed by atoms with Crippen LogP contribution in [-0.2, 0) is 0 Å². The Hall–Kier alpha value is -2.92. The molecule has 124 valence electrons. The van der Waals surface area contributed by atoms with Crippen molar-refractivity contribution in [1.29, 1.82) is 0 Å². The van der Waals surface area contributed by atoms with Gasteiger partial charge >= 0.3 is 0 Å². The minimum atomic E-state index is 0.925. The number of rotatable bonds is 2. The van der Waals surface area contributed by atoms with Gasteiger partial charge in [-0.3, -0.25) is 4.98 Å². The number of nitrogens with zero attached hydrogens (tertiary/aromatic N) is 3. The fraction of sp³-hybridized carbons (Fsp3) is 0.200. The Morgan fingerprint density at radius 2 is 1.80 bits per heavy atom. The van der Waals surface area contributed by atoms with E-state index in [0.717, 1.165) is 37.3 Å². The molecule has 5 nitrogen and oxygen atoms in total. The lowest BCUT2D eigenvalue weighted by atomic mass is 10.0. The van der Waals surface area contributed by atoms with Gasteiger partial charge in [0.25, 0.3) is 0 Å². The predicted octanol–water partition coefficient (Wildman–Crippen LogP) is 3.19. The molecule has 1 aliphatic heterocycles. The summed E-state index contributed by atoms with van der Waals surface area (Å²) in [4.78, 5) is 14.8. The van der Waals surface area contributed by atoms with Crippen LogP contribution in [0.2, 0.25) is 0 Å². The van der Waals surface area contributed by atoms with Crippen molar-refractivity contribution in [3.63, 3.8) is 0 Å². The quantitative estimate of drug-likeness (QED) is 0.593. The van der Waals surface area contributed by atoms with E-state index < -0.39 is 0 Å². The molecule has 5 rings (SSSR count). The van der Waals surface area contributed by atoms with Gasteiger partial charge in [-0.05, 0) is 23.8 Å². The molecular formula is C20H19N5. The first-order valence-corrected chi connectivity index (χ1v) is 8.67. The molecule has 25 heavy (non-hydrogen) atoms. The highest BCUT2D eigenvalue weighted by Gasteiger charge is 2.18. The van der Waals surface area contributed by atoms with Crippen molar-refractivity contribution >= 4 is 27.6 Å². The fourth-order valence-electron chi connectivity index (χ4n) is 3.77. The molecule has 4 heterocycles. The molecule has 1 aromatic carbocycles. The Balaban J connectivity index is 1.77. The number of anilines is 1. The molecule has 4 aromatic rings. The minimum absolute atomic E-state index is 0.925. The second kappa shape index (κ2) is 5.86. The van der Waals surface area contributed by atoms with Crippen molar-refractivity contribution in [1.82, 2.24) is 20.3 Å². The lowest BCUT2D eigenvalue weighted by Crippen LogP contribution is -2.43. The fourth-order valence-corrected chi connectivity index (χ4v) is 3.77. The summed E-state index contributed by atoms with van der Waals surface area (Å²) in [5, 5.41) is 5.79. The third kappa shape index (κ3) is 2.36. The van der Waals surface area contributed by atoms with E-state index in [2.05, 4.69) is 55.5 Å². The summed E-state index contributed by atoms with van der Waals surface area (Å²) >= 11 is 0. The molecule has 0 aliphatic carbocycles. The van der Waals surface area contributed by atoms with E-state index in [1.165, 1.54) is 27.6 Å². The molecule has 1 aliphatic rings. The number of H-pyrrole nitrogens is 1. The number of hydrogen-bond acceptors (Lipinski definition) is 4. The molecule has 5 heteroatoms.